The quantitative estimate of drug-likeness (QED) is 0.439. The Kier molecular flexibility index (Phi) is 9.04. The summed E-state index contributed by atoms with van der Waals surface area (Å²) < 4.78 is 11.5. The van der Waals surface area contributed by atoms with Crippen LogP contribution >= 0.6 is 28.1 Å². The van der Waals surface area contributed by atoms with Crippen molar-refractivity contribution in [3.8, 4) is 5.75 Å². The maximum Gasteiger partial charge on any atom is 0.308 e. The van der Waals surface area contributed by atoms with Crippen LogP contribution in [0.4, 0.5) is 0 Å². The molecule has 1 fully saturated rings. The molecule has 1 unspecified atom stereocenters. The lowest BCUT2D eigenvalue weighted by Crippen LogP contribution is -2.60. The largest absolute Gasteiger partial charge is 0.493 e. The van der Waals surface area contributed by atoms with Crippen LogP contribution in [0.2, 0.25) is 0 Å². The van der Waals surface area contributed by atoms with Crippen LogP contribution in [0.25, 0.3) is 0 Å². The lowest BCUT2D eigenvalue weighted by Gasteiger charge is -2.36. The van der Waals surface area contributed by atoms with Gasteiger partial charge in [0.1, 0.15) is 11.8 Å². The summed E-state index contributed by atoms with van der Waals surface area (Å²) in [6, 6.07) is 4.28. The molecule has 1 heterocycles. The number of amides is 2. The first-order valence-corrected chi connectivity index (χ1v) is 10.9. The van der Waals surface area contributed by atoms with E-state index >= 15 is 0 Å². The summed E-state index contributed by atoms with van der Waals surface area (Å²) in [5.41, 5.74) is 0.317. The highest BCUT2D eigenvalue weighted by atomic mass is 79.9. The smallest absolute Gasteiger partial charge is 0.308 e. The van der Waals surface area contributed by atoms with Gasteiger partial charge in [-0.25, -0.2) is 0 Å². The molecule has 164 valence electrons. The number of esters is 1. The molecule has 0 saturated carbocycles. The Labute approximate surface area is 189 Å². The number of ether oxygens (including phenoxy) is 2. The molecule has 1 aromatic rings. The first-order valence-electron chi connectivity index (χ1n) is 9.74. The van der Waals surface area contributed by atoms with Gasteiger partial charge < -0.3 is 19.7 Å². The van der Waals surface area contributed by atoms with Crippen molar-refractivity contribution in [1.82, 2.24) is 15.5 Å². The Balaban J connectivity index is 2.14. The normalized spacial score (nSPS) is 16.1. The third kappa shape index (κ3) is 6.66. The van der Waals surface area contributed by atoms with Gasteiger partial charge in [-0.3, -0.25) is 19.7 Å². The number of hydrogen-bond acceptors (Lipinski definition) is 6. The van der Waals surface area contributed by atoms with Gasteiger partial charge in [0.25, 0.3) is 5.91 Å². The molecule has 0 spiro atoms. The molecule has 2 N–H and O–H groups in total. The molecule has 8 nitrogen and oxygen atoms in total. The fourth-order valence-corrected chi connectivity index (χ4v) is 3.56. The molecule has 10 heteroatoms. The van der Waals surface area contributed by atoms with E-state index in [2.05, 4.69) is 26.6 Å². The van der Waals surface area contributed by atoms with Gasteiger partial charge in [0, 0.05) is 17.6 Å². The van der Waals surface area contributed by atoms with Crippen LogP contribution in [0.3, 0.4) is 0 Å². The molecular formula is C20H26BrN3O5S. The minimum atomic E-state index is -0.851. The van der Waals surface area contributed by atoms with Crippen LogP contribution in [0.5, 0.6) is 5.75 Å². The number of benzene rings is 1. The predicted octanol–water partition coefficient (Wildman–Crippen LogP) is 2.39. The molecule has 1 atom stereocenters. The van der Waals surface area contributed by atoms with E-state index in [1.54, 1.807) is 32.0 Å². The van der Waals surface area contributed by atoms with Crippen LogP contribution in [0.1, 0.15) is 44.0 Å². The molecule has 1 saturated heterocycles. The van der Waals surface area contributed by atoms with Gasteiger partial charge in [0.15, 0.2) is 5.11 Å². The van der Waals surface area contributed by atoms with Gasteiger partial charge >= 0.3 is 5.97 Å². The van der Waals surface area contributed by atoms with Gasteiger partial charge in [0.05, 0.1) is 24.7 Å². The number of carbonyl (C=O) groups excluding carboxylic acids is 3. The van der Waals surface area contributed by atoms with Gasteiger partial charge in [-0.1, -0.05) is 22.9 Å². The van der Waals surface area contributed by atoms with Crippen LogP contribution in [0, 0.1) is 0 Å². The van der Waals surface area contributed by atoms with Gasteiger partial charge in [-0.2, -0.15) is 0 Å². The fraction of sp³-hybridized carbons (Fsp3) is 0.500. The van der Waals surface area contributed by atoms with Crippen molar-refractivity contribution in [1.29, 1.82) is 0 Å². The van der Waals surface area contributed by atoms with Crippen molar-refractivity contribution in [3.05, 3.63) is 28.2 Å². The van der Waals surface area contributed by atoms with Crippen LogP contribution in [-0.2, 0) is 14.3 Å². The van der Waals surface area contributed by atoms with Crippen molar-refractivity contribution < 1.29 is 23.9 Å². The summed E-state index contributed by atoms with van der Waals surface area (Å²) in [4.78, 5) is 38.8. The molecule has 30 heavy (non-hydrogen) atoms. The standard InChI is InChI=1S/C20H26BrN3O5S/c1-4-9-28-16-6-5-13(21)10-14(16)18(26)23-20(30)24-8-7-22-19(27)15(24)11-17(25)29-12(2)3/h5-6,10,12,15H,4,7-9,11H2,1-3H3,(H,22,27)(H,23,26,30). The Hall–Kier alpha value is -2.20. The Morgan fingerprint density at radius 1 is 1.40 bits per heavy atom. The third-order valence-electron chi connectivity index (χ3n) is 4.19. The summed E-state index contributed by atoms with van der Waals surface area (Å²) >= 11 is 8.75. The minimum Gasteiger partial charge on any atom is -0.493 e. The number of rotatable bonds is 7. The molecule has 0 radical (unpaired) electrons. The highest BCUT2D eigenvalue weighted by molar-refractivity contribution is 9.10. The van der Waals surface area contributed by atoms with E-state index in [9.17, 15) is 14.4 Å². The SMILES string of the molecule is CCCOc1ccc(Br)cc1C(=O)NC(=S)N1CCNC(=O)C1CC(=O)OC(C)C. The lowest BCUT2D eigenvalue weighted by molar-refractivity contribution is -0.150. The molecule has 2 amide bonds. The maximum atomic E-state index is 12.9. The zero-order valence-electron chi connectivity index (χ0n) is 17.2. The Morgan fingerprint density at radius 3 is 2.80 bits per heavy atom. The van der Waals surface area contributed by atoms with Crippen molar-refractivity contribution in [3.63, 3.8) is 0 Å². The van der Waals surface area contributed by atoms with Gasteiger partial charge in [0.2, 0.25) is 5.91 Å². The highest BCUT2D eigenvalue weighted by Gasteiger charge is 2.34. The van der Waals surface area contributed by atoms with Gasteiger partial charge in [-0.05, 0) is 50.7 Å². The average molecular weight is 500 g/mol. The molecule has 0 bridgehead atoms. The van der Waals surface area contributed by atoms with E-state index in [1.165, 1.54) is 4.90 Å². The van der Waals surface area contributed by atoms with E-state index in [0.717, 1.165) is 6.42 Å². The van der Waals surface area contributed by atoms with Crippen LogP contribution < -0.4 is 15.4 Å². The van der Waals surface area contributed by atoms with Crippen LogP contribution in [0.15, 0.2) is 22.7 Å². The molecular weight excluding hydrogens is 474 g/mol. The van der Waals surface area contributed by atoms with Gasteiger partial charge in [-0.15, -0.1) is 0 Å². The van der Waals surface area contributed by atoms with Crippen molar-refractivity contribution in [2.24, 2.45) is 0 Å². The summed E-state index contributed by atoms with van der Waals surface area (Å²) in [5, 5.41) is 5.44. The maximum absolute atomic E-state index is 12.9. The molecule has 0 aliphatic carbocycles. The Morgan fingerprint density at radius 2 is 2.13 bits per heavy atom. The first kappa shape index (κ1) is 24.1. The van der Waals surface area contributed by atoms with E-state index < -0.39 is 17.9 Å². The van der Waals surface area contributed by atoms with E-state index in [0.29, 0.717) is 35.5 Å². The summed E-state index contributed by atoms with van der Waals surface area (Å²) in [7, 11) is 0. The van der Waals surface area contributed by atoms with E-state index in [4.69, 9.17) is 21.7 Å². The van der Waals surface area contributed by atoms with Crippen LogP contribution in [-0.4, -0.2) is 59.6 Å². The minimum absolute atomic E-state index is 0.0682. The monoisotopic (exact) mass is 499 g/mol. The number of piperazine rings is 1. The molecule has 1 aliphatic heterocycles. The average Bonchev–Trinajstić information content (AvgIpc) is 2.67. The van der Waals surface area contributed by atoms with E-state index in [-0.39, 0.29) is 23.5 Å². The first-order chi connectivity index (χ1) is 14.2. The molecule has 1 aromatic carbocycles. The zero-order chi connectivity index (χ0) is 22.3. The number of nitrogens with one attached hydrogen (secondary N) is 2. The second-order valence-corrected chi connectivity index (χ2v) is 8.29. The number of carbonyl (C=O) groups is 3. The Bertz CT molecular complexity index is 818. The second kappa shape index (κ2) is 11.3. The number of hydrogen-bond donors (Lipinski definition) is 2. The lowest BCUT2D eigenvalue weighted by atomic mass is 10.1. The van der Waals surface area contributed by atoms with Crippen molar-refractivity contribution in [2.45, 2.75) is 45.8 Å². The highest BCUT2D eigenvalue weighted by Crippen LogP contribution is 2.24. The second-order valence-electron chi connectivity index (χ2n) is 6.99. The fourth-order valence-electron chi connectivity index (χ4n) is 2.88. The summed E-state index contributed by atoms with van der Waals surface area (Å²) in [6.07, 6.45) is 0.344. The zero-order valence-corrected chi connectivity index (χ0v) is 19.6. The van der Waals surface area contributed by atoms with Crippen molar-refractivity contribution in [2.75, 3.05) is 19.7 Å². The molecule has 0 aromatic heterocycles. The number of halogens is 1. The van der Waals surface area contributed by atoms with Crippen molar-refractivity contribution >= 4 is 51.0 Å². The molecule has 2 rings (SSSR count). The molecule has 1 aliphatic rings. The summed E-state index contributed by atoms with van der Waals surface area (Å²) in [5.74, 6) is -0.864. The predicted molar refractivity (Wildman–Crippen MR) is 119 cm³/mol. The van der Waals surface area contributed by atoms with E-state index in [1.807, 2.05) is 6.92 Å². The number of thiocarbonyl (C=S) groups is 1. The number of nitrogens with zero attached hydrogens (tertiary/aromatic N) is 1. The third-order valence-corrected chi connectivity index (χ3v) is 5.02. The topological polar surface area (TPSA) is 97.0 Å². The summed E-state index contributed by atoms with van der Waals surface area (Å²) in [6.45, 7) is 6.63.